The summed E-state index contributed by atoms with van der Waals surface area (Å²) in [5.41, 5.74) is 0.902. The average Bonchev–Trinajstić information content (AvgIpc) is 2.72. The van der Waals surface area contributed by atoms with E-state index in [2.05, 4.69) is 4.98 Å². The molecule has 14 heavy (non-hydrogen) atoms. The molecular formula is C11H15NO2. The Morgan fingerprint density at radius 3 is 3.21 bits per heavy atom. The molecule has 0 aromatic carbocycles. The van der Waals surface area contributed by atoms with Crippen LogP contribution >= 0.6 is 0 Å². The van der Waals surface area contributed by atoms with E-state index in [1.54, 1.807) is 12.4 Å². The third kappa shape index (κ3) is 2.30. The number of pyridine rings is 1. The van der Waals surface area contributed by atoms with Crippen LogP contribution in [0.2, 0.25) is 0 Å². The molecule has 2 atom stereocenters. The van der Waals surface area contributed by atoms with E-state index in [1.807, 2.05) is 12.1 Å². The zero-order valence-electron chi connectivity index (χ0n) is 8.10. The van der Waals surface area contributed by atoms with Crippen molar-refractivity contribution in [2.24, 2.45) is 5.92 Å². The zero-order chi connectivity index (χ0) is 9.80. The molecule has 76 valence electrons. The molecule has 0 radical (unpaired) electrons. The minimum absolute atomic E-state index is 0.393. The van der Waals surface area contributed by atoms with E-state index < -0.39 is 6.10 Å². The van der Waals surface area contributed by atoms with Gasteiger partial charge in [-0.05, 0) is 30.4 Å². The highest BCUT2D eigenvalue weighted by atomic mass is 16.5. The SMILES string of the molecule is OC(CC1CCOC1)c1cccnc1. The van der Waals surface area contributed by atoms with Crippen molar-refractivity contribution >= 4 is 0 Å². The number of aromatic nitrogens is 1. The van der Waals surface area contributed by atoms with Crippen molar-refractivity contribution in [2.75, 3.05) is 13.2 Å². The number of rotatable bonds is 3. The summed E-state index contributed by atoms with van der Waals surface area (Å²) in [6.07, 6.45) is 4.90. The maximum atomic E-state index is 9.89. The van der Waals surface area contributed by atoms with Gasteiger partial charge in [0, 0.05) is 25.6 Å². The monoisotopic (exact) mass is 193 g/mol. The Hall–Kier alpha value is -0.930. The molecule has 1 aromatic rings. The highest BCUT2D eigenvalue weighted by molar-refractivity contribution is 5.11. The van der Waals surface area contributed by atoms with Crippen LogP contribution in [0.25, 0.3) is 0 Å². The Morgan fingerprint density at radius 1 is 1.64 bits per heavy atom. The number of aliphatic hydroxyl groups is 1. The summed E-state index contributed by atoms with van der Waals surface area (Å²) in [7, 11) is 0. The summed E-state index contributed by atoms with van der Waals surface area (Å²) in [6.45, 7) is 1.63. The first kappa shape index (κ1) is 9.62. The fourth-order valence-electron chi connectivity index (χ4n) is 1.79. The minimum atomic E-state index is -0.393. The van der Waals surface area contributed by atoms with Gasteiger partial charge < -0.3 is 9.84 Å². The van der Waals surface area contributed by atoms with Crippen LogP contribution in [0.5, 0.6) is 0 Å². The van der Waals surface area contributed by atoms with E-state index in [1.165, 1.54) is 0 Å². The summed E-state index contributed by atoms with van der Waals surface area (Å²) in [4.78, 5) is 3.99. The van der Waals surface area contributed by atoms with Gasteiger partial charge in [-0.2, -0.15) is 0 Å². The number of aliphatic hydroxyl groups excluding tert-OH is 1. The quantitative estimate of drug-likeness (QED) is 0.791. The van der Waals surface area contributed by atoms with Gasteiger partial charge in [-0.15, -0.1) is 0 Å². The highest BCUT2D eigenvalue weighted by Gasteiger charge is 2.20. The van der Waals surface area contributed by atoms with Crippen molar-refractivity contribution in [1.82, 2.24) is 4.98 Å². The van der Waals surface area contributed by atoms with E-state index in [9.17, 15) is 5.11 Å². The van der Waals surface area contributed by atoms with E-state index in [-0.39, 0.29) is 0 Å². The topological polar surface area (TPSA) is 42.4 Å². The molecule has 3 heteroatoms. The van der Waals surface area contributed by atoms with E-state index in [4.69, 9.17) is 4.74 Å². The second-order valence-electron chi connectivity index (χ2n) is 3.77. The van der Waals surface area contributed by atoms with Crippen molar-refractivity contribution < 1.29 is 9.84 Å². The van der Waals surface area contributed by atoms with Gasteiger partial charge in [0.2, 0.25) is 0 Å². The molecule has 1 aliphatic heterocycles. The van der Waals surface area contributed by atoms with Gasteiger partial charge in [0.1, 0.15) is 0 Å². The fraction of sp³-hybridized carbons (Fsp3) is 0.545. The van der Waals surface area contributed by atoms with Crippen LogP contribution in [-0.4, -0.2) is 23.3 Å². The minimum Gasteiger partial charge on any atom is -0.388 e. The second-order valence-corrected chi connectivity index (χ2v) is 3.77. The smallest absolute Gasteiger partial charge is 0.0808 e. The molecular weight excluding hydrogens is 178 g/mol. The summed E-state index contributed by atoms with van der Waals surface area (Å²) < 4.78 is 5.27. The van der Waals surface area contributed by atoms with Gasteiger partial charge in [-0.1, -0.05) is 6.07 Å². The van der Waals surface area contributed by atoms with Gasteiger partial charge >= 0.3 is 0 Å². The Bertz CT molecular complexity index is 270. The number of ether oxygens (including phenoxy) is 1. The largest absolute Gasteiger partial charge is 0.388 e. The standard InChI is InChI=1S/C11H15NO2/c13-11(6-9-3-5-14-8-9)10-2-1-4-12-7-10/h1-2,4,7,9,11,13H,3,5-6,8H2. The van der Waals surface area contributed by atoms with Crippen LogP contribution in [0.4, 0.5) is 0 Å². The summed E-state index contributed by atoms with van der Waals surface area (Å²) in [5.74, 6) is 0.505. The molecule has 1 fully saturated rings. The molecule has 2 rings (SSSR count). The molecule has 1 N–H and O–H groups in total. The second kappa shape index (κ2) is 4.53. The Labute approximate surface area is 83.7 Å². The van der Waals surface area contributed by atoms with Crippen molar-refractivity contribution in [2.45, 2.75) is 18.9 Å². The maximum absolute atomic E-state index is 9.89. The fourth-order valence-corrected chi connectivity index (χ4v) is 1.79. The third-order valence-corrected chi connectivity index (χ3v) is 2.65. The lowest BCUT2D eigenvalue weighted by Crippen LogP contribution is -2.07. The molecule has 1 aliphatic rings. The van der Waals surface area contributed by atoms with E-state index >= 15 is 0 Å². The van der Waals surface area contributed by atoms with Crippen molar-refractivity contribution in [3.05, 3.63) is 30.1 Å². The van der Waals surface area contributed by atoms with Gasteiger partial charge in [-0.25, -0.2) is 0 Å². The third-order valence-electron chi connectivity index (χ3n) is 2.65. The Balaban J connectivity index is 1.92. The first-order valence-corrected chi connectivity index (χ1v) is 5.02. The zero-order valence-corrected chi connectivity index (χ0v) is 8.10. The molecule has 0 amide bonds. The maximum Gasteiger partial charge on any atom is 0.0808 e. The molecule has 3 nitrogen and oxygen atoms in total. The molecule has 2 unspecified atom stereocenters. The van der Waals surface area contributed by atoms with Crippen LogP contribution in [-0.2, 0) is 4.74 Å². The van der Waals surface area contributed by atoms with Crippen molar-refractivity contribution in [3.8, 4) is 0 Å². The lowest BCUT2D eigenvalue weighted by atomic mass is 9.97. The first-order valence-electron chi connectivity index (χ1n) is 5.02. The van der Waals surface area contributed by atoms with Crippen LogP contribution in [0, 0.1) is 5.92 Å². The number of hydrogen-bond donors (Lipinski definition) is 1. The summed E-state index contributed by atoms with van der Waals surface area (Å²) in [6, 6.07) is 3.76. The average molecular weight is 193 g/mol. The molecule has 1 saturated heterocycles. The molecule has 0 aliphatic carbocycles. The Morgan fingerprint density at radius 2 is 2.57 bits per heavy atom. The van der Waals surface area contributed by atoms with Gasteiger partial charge in [0.05, 0.1) is 6.10 Å². The molecule has 0 saturated carbocycles. The number of hydrogen-bond acceptors (Lipinski definition) is 3. The summed E-state index contributed by atoms with van der Waals surface area (Å²) >= 11 is 0. The van der Waals surface area contributed by atoms with Crippen molar-refractivity contribution in [1.29, 1.82) is 0 Å². The summed E-state index contributed by atoms with van der Waals surface area (Å²) in [5, 5.41) is 9.89. The lowest BCUT2D eigenvalue weighted by Gasteiger charge is -2.13. The highest BCUT2D eigenvalue weighted by Crippen LogP contribution is 2.25. The van der Waals surface area contributed by atoms with E-state index in [0.717, 1.165) is 31.6 Å². The van der Waals surface area contributed by atoms with Gasteiger partial charge in [0.15, 0.2) is 0 Å². The first-order chi connectivity index (χ1) is 6.86. The molecule has 2 heterocycles. The number of nitrogens with zero attached hydrogens (tertiary/aromatic N) is 1. The van der Waals surface area contributed by atoms with E-state index in [0.29, 0.717) is 5.92 Å². The molecule has 0 spiro atoms. The lowest BCUT2D eigenvalue weighted by molar-refractivity contribution is 0.129. The predicted octanol–water partition coefficient (Wildman–Crippen LogP) is 1.54. The van der Waals surface area contributed by atoms with Crippen LogP contribution < -0.4 is 0 Å². The normalized spacial score (nSPS) is 23.6. The molecule has 0 bridgehead atoms. The Kier molecular flexibility index (Phi) is 3.11. The van der Waals surface area contributed by atoms with Gasteiger partial charge in [0.25, 0.3) is 0 Å². The molecule has 1 aromatic heterocycles. The van der Waals surface area contributed by atoms with Gasteiger partial charge in [-0.3, -0.25) is 4.98 Å². The van der Waals surface area contributed by atoms with Crippen molar-refractivity contribution in [3.63, 3.8) is 0 Å². The predicted molar refractivity (Wildman–Crippen MR) is 52.7 cm³/mol. The van der Waals surface area contributed by atoms with Crippen LogP contribution in [0.3, 0.4) is 0 Å². The van der Waals surface area contributed by atoms with Crippen LogP contribution in [0.1, 0.15) is 24.5 Å². The van der Waals surface area contributed by atoms with Crippen LogP contribution in [0.15, 0.2) is 24.5 Å².